The summed E-state index contributed by atoms with van der Waals surface area (Å²) in [4.78, 5) is 15.6. The molecule has 5 nitrogen and oxygen atoms in total. The molecule has 2 aliphatic rings. The minimum atomic E-state index is -0.640. The molecule has 0 amide bonds. The summed E-state index contributed by atoms with van der Waals surface area (Å²) in [6, 6.07) is 3.10. The molecule has 1 spiro atoms. The van der Waals surface area contributed by atoms with Crippen LogP contribution < -0.4 is 15.8 Å². The Labute approximate surface area is 139 Å². The van der Waals surface area contributed by atoms with Crippen LogP contribution in [0, 0.1) is 5.82 Å². The molecule has 2 aromatic rings. The van der Waals surface area contributed by atoms with E-state index in [0.717, 1.165) is 30.8 Å². The van der Waals surface area contributed by atoms with Crippen LogP contribution in [0.4, 0.5) is 15.9 Å². The lowest BCUT2D eigenvalue weighted by atomic mass is 9.65. The predicted octanol–water partition coefficient (Wildman–Crippen LogP) is 3.14. The van der Waals surface area contributed by atoms with Crippen molar-refractivity contribution < 1.29 is 13.9 Å². The quantitative estimate of drug-likeness (QED) is 0.669. The summed E-state index contributed by atoms with van der Waals surface area (Å²) in [6.45, 7) is 0.832. The Morgan fingerprint density at radius 3 is 2.79 bits per heavy atom. The number of hydrogen-bond donors (Lipinski definition) is 2. The van der Waals surface area contributed by atoms with Gasteiger partial charge in [-0.25, -0.2) is 9.37 Å². The van der Waals surface area contributed by atoms with E-state index < -0.39 is 5.82 Å². The molecule has 1 aromatic carbocycles. The zero-order valence-electron chi connectivity index (χ0n) is 13.4. The summed E-state index contributed by atoms with van der Waals surface area (Å²) in [7, 11) is 1.58. The summed E-state index contributed by atoms with van der Waals surface area (Å²) in [6.07, 6.45) is 5.33. The lowest BCUT2D eigenvalue weighted by Crippen LogP contribution is -2.36. The molecule has 1 aromatic heterocycles. The highest BCUT2D eigenvalue weighted by Crippen LogP contribution is 2.55. The van der Waals surface area contributed by atoms with Crippen molar-refractivity contribution in [2.75, 3.05) is 24.7 Å². The van der Waals surface area contributed by atoms with Gasteiger partial charge in [-0.15, -0.1) is 0 Å². The fourth-order valence-corrected chi connectivity index (χ4v) is 3.83. The van der Waals surface area contributed by atoms with Gasteiger partial charge in [-0.3, -0.25) is 4.79 Å². The van der Waals surface area contributed by atoms with Crippen LogP contribution in [-0.2, 0) is 5.41 Å². The smallest absolute Gasteiger partial charge is 0.155 e. The topological polar surface area (TPSA) is 77.2 Å². The molecule has 3 N–H and O–H groups in total. The molecule has 0 bridgehead atoms. The summed E-state index contributed by atoms with van der Waals surface area (Å²) in [5, 5.41) is 3.33. The molecule has 1 aliphatic carbocycles. The SMILES string of the molecule is COc1c(-c2ccc(N)c(C=O)c2F)cnc2c1C1(CCC1)CN2. The van der Waals surface area contributed by atoms with E-state index in [2.05, 4.69) is 10.3 Å². The Morgan fingerprint density at radius 2 is 2.17 bits per heavy atom. The fourth-order valence-electron chi connectivity index (χ4n) is 3.83. The first-order valence-corrected chi connectivity index (χ1v) is 7.96. The molecule has 6 heteroatoms. The zero-order valence-corrected chi connectivity index (χ0v) is 13.4. The number of carbonyl (C=O) groups is 1. The van der Waals surface area contributed by atoms with Crippen LogP contribution in [0.25, 0.3) is 11.1 Å². The molecule has 0 radical (unpaired) electrons. The second kappa shape index (κ2) is 5.19. The van der Waals surface area contributed by atoms with Gasteiger partial charge in [0.2, 0.25) is 0 Å². The molecule has 1 saturated carbocycles. The zero-order chi connectivity index (χ0) is 16.9. The highest BCUT2D eigenvalue weighted by Gasteiger charge is 2.47. The Bertz CT molecular complexity index is 847. The van der Waals surface area contributed by atoms with Crippen molar-refractivity contribution in [3.05, 3.63) is 35.3 Å². The number of aromatic nitrogens is 1. The van der Waals surface area contributed by atoms with E-state index in [1.54, 1.807) is 19.4 Å². The van der Waals surface area contributed by atoms with Crippen LogP contribution in [0.1, 0.15) is 35.2 Å². The van der Waals surface area contributed by atoms with Crippen molar-refractivity contribution >= 4 is 17.8 Å². The van der Waals surface area contributed by atoms with Crippen molar-refractivity contribution in [1.82, 2.24) is 4.98 Å². The number of nitrogens with zero attached hydrogens (tertiary/aromatic N) is 1. The summed E-state index contributed by atoms with van der Waals surface area (Å²) in [5.74, 6) is 0.797. The van der Waals surface area contributed by atoms with Gasteiger partial charge in [-0.2, -0.15) is 0 Å². The maximum atomic E-state index is 14.8. The third-order valence-electron chi connectivity index (χ3n) is 5.29. The normalized spacial score (nSPS) is 17.1. The van der Waals surface area contributed by atoms with E-state index in [0.29, 0.717) is 17.6 Å². The van der Waals surface area contributed by atoms with E-state index >= 15 is 0 Å². The van der Waals surface area contributed by atoms with E-state index in [9.17, 15) is 9.18 Å². The molecule has 4 rings (SSSR count). The van der Waals surface area contributed by atoms with Crippen LogP contribution in [0.3, 0.4) is 0 Å². The van der Waals surface area contributed by atoms with Crippen LogP contribution in [0.15, 0.2) is 18.3 Å². The maximum absolute atomic E-state index is 14.8. The summed E-state index contributed by atoms with van der Waals surface area (Å²) < 4.78 is 20.4. The number of methoxy groups -OCH3 is 1. The summed E-state index contributed by atoms with van der Waals surface area (Å²) in [5.41, 5.74) is 7.55. The number of aldehydes is 1. The van der Waals surface area contributed by atoms with Crippen molar-refractivity contribution in [3.63, 3.8) is 0 Å². The number of nitrogens with two attached hydrogens (primary N) is 1. The van der Waals surface area contributed by atoms with E-state index in [1.807, 2.05) is 0 Å². The van der Waals surface area contributed by atoms with Gasteiger partial charge in [0.25, 0.3) is 0 Å². The van der Waals surface area contributed by atoms with Crippen molar-refractivity contribution in [2.45, 2.75) is 24.7 Å². The molecule has 124 valence electrons. The van der Waals surface area contributed by atoms with Gasteiger partial charge in [0.05, 0.1) is 12.7 Å². The number of fused-ring (bicyclic) bond motifs is 2. The number of rotatable bonds is 3. The number of nitrogens with one attached hydrogen (secondary N) is 1. The van der Waals surface area contributed by atoms with Gasteiger partial charge < -0.3 is 15.8 Å². The predicted molar refractivity (Wildman–Crippen MR) is 90.0 cm³/mol. The van der Waals surface area contributed by atoms with Gasteiger partial charge in [0, 0.05) is 40.5 Å². The standard InChI is InChI=1S/C18H18FN3O2/c1-24-16-11(10-3-4-13(20)12(8-23)15(10)19)7-21-17-14(16)18(9-22-17)5-2-6-18/h3-4,7-8H,2,5-6,9,20H2,1H3,(H,21,22). The number of nitrogen functional groups attached to an aromatic ring is 1. The number of ether oxygens (including phenoxy) is 1. The molecule has 0 atom stereocenters. The molecular formula is C18H18FN3O2. The van der Waals surface area contributed by atoms with Gasteiger partial charge in [-0.1, -0.05) is 6.42 Å². The van der Waals surface area contributed by atoms with Gasteiger partial charge in [0.15, 0.2) is 6.29 Å². The maximum Gasteiger partial charge on any atom is 0.155 e. The van der Waals surface area contributed by atoms with Crippen molar-refractivity contribution in [1.29, 1.82) is 0 Å². The van der Waals surface area contributed by atoms with E-state index in [1.165, 1.54) is 12.5 Å². The second-order valence-electron chi connectivity index (χ2n) is 6.46. The Hall–Kier alpha value is -2.63. The average Bonchev–Trinajstić information content (AvgIpc) is 2.95. The molecule has 1 fully saturated rings. The molecule has 1 aliphatic heterocycles. The van der Waals surface area contributed by atoms with Crippen LogP contribution in [0.2, 0.25) is 0 Å². The second-order valence-corrected chi connectivity index (χ2v) is 6.46. The number of carbonyl (C=O) groups excluding carboxylic acids is 1. The highest BCUT2D eigenvalue weighted by atomic mass is 19.1. The first-order valence-electron chi connectivity index (χ1n) is 7.96. The largest absolute Gasteiger partial charge is 0.496 e. The molecular weight excluding hydrogens is 309 g/mol. The third-order valence-corrected chi connectivity index (χ3v) is 5.29. The molecule has 24 heavy (non-hydrogen) atoms. The highest BCUT2D eigenvalue weighted by molar-refractivity contribution is 5.88. The lowest BCUT2D eigenvalue weighted by molar-refractivity contribution is 0.112. The first-order chi connectivity index (χ1) is 11.6. The van der Waals surface area contributed by atoms with Gasteiger partial charge >= 0.3 is 0 Å². The van der Waals surface area contributed by atoms with E-state index in [4.69, 9.17) is 10.5 Å². The summed E-state index contributed by atoms with van der Waals surface area (Å²) >= 11 is 0. The van der Waals surface area contributed by atoms with Crippen LogP contribution >= 0.6 is 0 Å². The van der Waals surface area contributed by atoms with Crippen molar-refractivity contribution in [3.8, 4) is 16.9 Å². The number of benzene rings is 1. The molecule has 0 saturated heterocycles. The first kappa shape index (κ1) is 14.9. The van der Waals surface area contributed by atoms with E-state index in [-0.39, 0.29) is 22.2 Å². The monoisotopic (exact) mass is 327 g/mol. The minimum Gasteiger partial charge on any atom is -0.496 e. The average molecular weight is 327 g/mol. The number of halogens is 1. The minimum absolute atomic E-state index is 0.0292. The molecule has 0 unspecified atom stereocenters. The Kier molecular flexibility index (Phi) is 3.23. The third kappa shape index (κ3) is 1.85. The Morgan fingerprint density at radius 1 is 1.38 bits per heavy atom. The number of hydrogen-bond acceptors (Lipinski definition) is 5. The lowest BCUT2D eigenvalue weighted by Gasteiger charge is -2.38. The molecule has 2 heterocycles. The van der Waals surface area contributed by atoms with Gasteiger partial charge in [-0.05, 0) is 25.0 Å². The Balaban J connectivity index is 1.95. The van der Waals surface area contributed by atoms with Crippen LogP contribution in [0.5, 0.6) is 5.75 Å². The van der Waals surface area contributed by atoms with Crippen LogP contribution in [-0.4, -0.2) is 24.9 Å². The van der Waals surface area contributed by atoms with Gasteiger partial charge in [0.1, 0.15) is 17.4 Å². The number of anilines is 2. The van der Waals surface area contributed by atoms with Crippen molar-refractivity contribution in [2.24, 2.45) is 0 Å². The fraction of sp³-hybridized carbons (Fsp3) is 0.333. The number of pyridine rings is 1.